The van der Waals surface area contributed by atoms with Crippen molar-refractivity contribution >= 4 is 11.7 Å². The maximum Gasteiger partial charge on any atom is 0.340 e. The maximum absolute atomic E-state index is 14.7. The van der Waals surface area contributed by atoms with E-state index < -0.39 is 34.7 Å². The number of carbonyl (C=O) groups excluding carboxylic acids is 1. The minimum Gasteiger partial charge on any atom is -0.505 e. The number of aromatic nitrogens is 2. The predicted octanol–water partition coefficient (Wildman–Crippen LogP) is 5.85. The first-order valence-electron chi connectivity index (χ1n) is 14.2. The molecule has 3 aromatic carbocycles. The molecule has 0 saturated carbocycles. The Morgan fingerprint density at radius 3 is 1.93 bits per heavy atom. The van der Waals surface area contributed by atoms with Gasteiger partial charge in [0.25, 0.3) is 0 Å². The molecular formula is C34H26F2N4O5. The molecule has 2 aliphatic rings. The van der Waals surface area contributed by atoms with Gasteiger partial charge in [-0.05, 0) is 48.5 Å². The molecule has 0 unspecified atom stereocenters. The van der Waals surface area contributed by atoms with Gasteiger partial charge in [0.1, 0.15) is 11.5 Å². The van der Waals surface area contributed by atoms with Crippen LogP contribution < -0.4 is 10.1 Å². The van der Waals surface area contributed by atoms with Crippen molar-refractivity contribution < 1.29 is 33.3 Å². The summed E-state index contributed by atoms with van der Waals surface area (Å²) in [5.41, 5.74) is 1.38. The Kier molecular flexibility index (Phi) is 7.01. The van der Waals surface area contributed by atoms with Crippen molar-refractivity contribution in [2.45, 2.75) is 18.7 Å². The molecule has 0 bridgehead atoms. The Labute approximate surface area is 256 Å². The Morgan fingerprint density at radius 2 is 1.38 bits per heavy atom. The summed E-state index contributed by atoms with van der Waals surface area (Å²) in [4.78, 5) is 24.5. The number of halogens is 2. The van der Waals surface area contributed by atoms with Crippen molar-refractivity contribution in [1.82, 2.24) is 14.9 Å². The molecule has 7 rings (SSSR count). The fourth-order valence-corrected chi connectivity index (χ4v) is 5.86. The number of anilines is 1. The van der Waals surface area contributed by atoms with E-state index in [9.17, 15) is 23.8 Å². The lowest BCUT2D eigenvalue weighted by atomic mass is 9.77. The van der Waals surface area contributed by atoms with E-state index in [1.807, 2.05) is 36.4 Å². The van der Waals surface area contributed by atoms with Crippen molar-refractivity contribution in [1.29, 1.82) is 0 Å². The van der Waals surface area contributed by atoms with E-state index in [-0.39, 0.29) is 28.2 Å². The zero-order valence-electron chi connectivity index (χ0n) is 23.7. The SMILES string of the molecule is O=C1OC2(c3cc(F)c(O)cc3Oc3cc(O)c(F)cc32)c2ccc(NCCN(Cc3ccccn3)Cc3ccccn3)cc21. The van der Waals surface area contributed by atoms with Crippen LogP contribution in [0, 0.1) is 11.6 Å². The second-order valence-corrected chi connectivity index (χ2v) is 10.8. The van der Waals surface area contributed by atoms with E-state index in [1.54, 1.807) is 30.6 Å². The highest BCUT2D eigenvalue weighted by atomic mass is 19.1. The van der Waals surface area contributed by atoms with Gasteiger partial charge in [-0.15, -0.1) is 0 Å². The number of hydrogen-bond acceptors (Lipinski definition) is 9. The highest BCUT2D eigenvalue weighted by Gasteiger charge is 2.54. The molecule has 0 aliphatic carbocycles. The van der Waals surface area contributed by atoms with Crippen LogP contribution in [-0.4, -0.2) is 44.1 Å². The molecule has 2 aromatic heterocycles. The van der Waals surface area contributed by atoms with Crippen molar-refractivity contribution in [3.63, 3.8) is 0 Å². The molecule has 0 atom stereocenters. The van der Waals surface area contributed by atoms with E-state index >= 15 is 0 Å². The largest absolute Gasteiger partial charge is 0.505 e. The van der Waals surface area contributed by atoms with Crippen LogP contribution in [0.25, 0.3) is 0 Å². The Hall–Kier alpha value is -5.55. The van der Waals surface area contributed by atoms with Gasteiger partial charge in [-0.1, -0.05) is 18.2 Å². The first kappa shape index (κ1) is 28.2. The Balaban J connectivity index is 1.19. The predicted molar refractivity (Wildman–Crippen MR) is 159 cm³/mol. The fourth-order valence-electron chi connectivity index (χ4n) is 5.86. The van der Waals surface area contributed by atoms with Gasteiger partial charge in [0.15, 0.2) is 28.7 Å². The number of rotatable bonds is 8. The van der Waals surface area contributed by atoms with E-state index in [4.69, 9.17) is 9.47 Å². The quantitative estimate of drug-likeness (QED) is 0.187. The van der Waals surface area contributed by atoms with Crippen LogP contribution in [0.1, 0.15) is 38.4 Å². The molecular weight excluding hydrogens is 582 g/mol. The van der Waals surface area contributed by atoms with Crippen molar-refractivity contribution in [3.05, 3.63) is 137 Å². The average Bonchev–Trinajstić information content (AvgIpc) is 3.32. The van der Waals surface area contributed by atoms with E-state index in [1.165, 1.54) is 0 Å². The lowest BCUT2D eigenvalue weighted by Crippen LogP contribution is -2.33. The minimum absolute atomic E-state index is 0.00355. The Morgan fingerprint density at radius 1 is 0.778 bits per heavy atom. The summed E-state index contributed by atoms with van der Waals surface area (Å²) in [6, 6.07) is 20.7. The molecule has 5 aromatic rings. The number of carbonyl (C=O) groups is 1. The number of ether oxygens (including phenoxy) is 2. The van der Waals surface area contributed by atoms with Gasteiger partial charge in [-0.2, -0.15) is 0 Å². The number of phenols is 2. The summed E-state index contributed by atoms with van der Waals surface area (Å²) in [7, 11) is 0. The van der Waals surface area contributed by atoms with E-state index in [0.29, 0.717) is 37.4 Å². The molecule has 11 heteroatoms. The van der Waals surface area contributed by atoms with Crippen LogP contribution in [0.3, 0.4) is 0 Å². The minimum atomic E-state index is -1.78. The number of nitrogens with one attached hydrogen (secondary N) is 1. The number of esters is 1. The molecule has 1 spiro atoms. The number of benzene rings is 3. The smallest absolute Gasteiger partial charge is 0.340 e. The number of hydrogen-bond donors (Lipinski definition) is 3. The van der Waals surface area contributed by atoms with E-state index in [2.05, 4.69) is 20.2 Å². The summed E-state index contributed by atoms with van der Waals surface area (Å²) in [6.07, 6.45) is 3.51. The third-order valence-electron chi connectivity index (χ3n) is 7.92. The van der Waals surface area contributed by atoms with Crippen molar-refractivity contribution in [2.24, 2.45) is 0 Å². The first-order valence-corrected chi connectivity index (χ1v) is 14.2. The summed E-state index contributed by atoms with van der Waals surface area (Å²) in [5, 5.41) is 23.4. The second kappa shape index (κ2) is 11.2. The molecule has 9 nitrogen and oxygen atoms in total. The molecule has 0 radical (unpaired) electrons. The zero-order valence-corrected chi connectivity index (χ0v) is 23.7. The number of aromatic hydroxyl groups is 2. The van der Waals surface area contributed by atoms with Gasteiger partial charge >= 0.3 is 5.97 Å². The highest BCUT2D eigenvalue weighted by Crippen LogP contribution is 2.57. The molecule has 45 heavy (non-hydrogen) atoms. The third kappa shape index (κ3) is 5.06. The zero-order chi connectivity index (χ0) is 31.1. The van der Waals surface area contributed by atoms with Crippen LogP contribution in [0.2, 0.25) is 0 Å². The normalized spacial score (nSPS) is 14.0. The number of phenolic OH excluding ortho intramolecular Hbond substituents is 2. The molecule has 0 amide bonds. The summed E-state index contributed by atoms with van der Waals surface area (Å²) < 4.78 is 41.2. The van der Waals surface area contributed by atoms with Crippen LogP contribution in [0.5, 0.6) is 23.0 Å². The topological polar surface area (TPSA) is 117 Å². The van der Waals surface area contributed by atoms with Gasteiger partial charge < -0.3 is 25.0 Å². The summed E-state index contributed by atoms with van der Waals surface area (Å²) in [6.45, 7) is 2.36. The van der Waals surface area contributed by atoms with Gasteiger partial charge in [0, 0.05) is 62.0 Å². The monoisotopic (exact) mass is 608 g/mol. The number of fused-ring (bicyclic) bond motifs is 6. The van der Waals surface area contributed by atoms with Gasteiger partial charge in [0.05, 0.1) is 28.1 Å². The molecule has 3 N–H and O–H groups in total. The summed E-state index contributed by atoms with van der Waals surface area (Å²) in [5.74, 6) is -4.01. The van der Waals surface area contributed by atoms with Crippen molar-refractivity contribution in [2.75, 3.05) is 18.4 Å². The van der Waals surface area contributed by atoms with Crippen LogP contribution >= 0.6 is 0 Å². The van der Waals surface area contributed by atoms with E-state index in [0.717, 1.165) is 35.7 Å². The standard InChI is InChI=1S/C34H26F2N4O5/c35-27-14-25-31(16-29(27)41)44-32-17-30(42)28(36)15-26(32)34(25)24-8-7-20(13-23(24)33(43)45-34)39-11-12-40(18-21-5-1-3-9-37-21)19-22-6-2-4-10-38-22/h1-10,13-17,39,41-42H,11-12,18-19H2. The van der Waals surface area contributed by atoms with Crippen molar-refractivity contribution in [3.8, 4) is 23.0 Å². The molecule has 2 aliphatic heterocycles. The van der Waals surface area contributed by atoms with Crippen LogP contribution in [0.4, 0.5) is 14.5 Å². The lowest BCUT2D eigenvalue weighted by Gasteiger charge is -2.36. The highest BCUT2D eigenvalue weighted by molar-refractivity contribution is 5.98. The maximum atomic E-state index is 14.7. The van der Waals surface area contributed by atoms with Gasteiger partial charge in [-0.25, -0.2) is 13.6 Å². The first-order chi connectivity index (χ1) is 21.8. The van der Waals surface area contributed by atoms with Gasteiger partial charge in [0.2, 0.25) is 0 Å². The Bertz CT molecular complexity index is 1830. The lowest BCUT2D eigenvalue weighted by molar-refractivity contribution is 0.0221. The molecule has 0 fully saturated rings. The number of pyridine rings is 2. The third-order valence-corrected chi connectivity index (χ3v) is 7.92. The molecule has 226 valence electrons. The van der Waals surface area contributed by atoms with Crippen LogP contribution in [0.15, 0.2) is 91.3 Å². The molecule has 4 heterocycles. The van der Waals surface area contributed by atoms with Gasteiger partial charge in [-0.3, -0.25) is 14.9 Å². The average molecular weight is 609 g/mol. The fraction of sp³-hybridized carbons (Fsp3) is 0.147. The molecule has 0 saturated heterocycles. The van der Waals surface area contributed by atoms with Crippen LogP contribution in [-0.2, 0) is 23.4 Å². The summed E-state index contributed by atoms with van der Waals surface area (Å²) >= 11 is 0. The second-order valence-electron chi connectivity index (χ2n) is 10.8. The number of nitrogens with zero attached hydrogens (tertiary/aromatic N) is 3.